The van der Waals surface area contributed by atoms with Crippen LogP contribution in [0.4, 0.5) is 0 Å². The third kappa shape index (κ3) is 45.8. The third-order valence-electron chi connectivity index (χ3n) is 9.93. The van der Waals surface area contributed by atoms with E-state index in [1.807, 2.05) is 6.08 Å². The summed E-state index contributed by atoms with van der Waals surface area (Å²) in [5.74, 6) is -0.505. The van der Waals surface area contributed by atoms with Gasteiger partial charge in [0.25, 0.3) is 0 Å². The van der Waals surface area contributed by atoms with Crippen molar-refractivity contribution in [1.29, 1.82) is 0 Å². The normalized spacial score (nSPS) is 12.9. The Bertz CT molecular complexity index is 1090. The molecule has 0 radical (unpaired) electrons. The van der Waals surface area contributed by atoms with Crippen molar-refractivity contribution in [3.05, 3.63) is 85.1 Å². The summed E-state index contributed by atoms with van der Waals surface area (Å²) in [6, 6.07) is 0. The fourth-order valence-corrected chi connectivity index (χ4v) is 6.35. The molecule has 0 rings (SSSR count). The van der Waals surface area contributed by atoms with E-state index in [-0.39, 0.29) is 25.2 Å². The van der Waals surface area contributed by atoms with Crippen molar-refractivity contribution in [3.8, 4) is 0 Å². The molecule has 0 aliphatic heterocycles. The van der Waals surface area contributed by atoms with Gasteiger partial charge in [-0.25, -0.2) is 0 Å². The van der Waals surface area contributed by atoms with Crippen LogP contribution in [-0.2, 0) is 23.8 Å². The number of carbonyl (C=O) groups is 2. The van der Waals surface area contributed by atoms with Crippen molar-refractivity contribution in [3.63, 3.8) is 0 Å². The molecule has 0 aromatic rings. The van der Waals surface area contributed by atoms with Gasteiger partial charge in [-0.3, -0.25) is 9.59 Å². The van der Waals surface area contributed by atoms with Crippen LogP contribution in [0.25, 0.3) is 0 Å². The standard InChI is InChI=1S/C53H90O5/c1-4-7-10-13-16-18-20-22-24-26-27-28-29-31-33-35-38-40-43-46-52(54)57-50-51(58-53(55)47-44-41-37-15-12-9-6-3)49-56-48-45-42-39-36-34-32-30-25-23-21-19-17-14-11-8-5-2/h7,10,16,18,22-25,27-28,31,33,38,40,51H,4-6,8-9,11-15,17,19-21,26,29-30,32,34-37,39,41-50H2,1-3H3/b10-7-,18-16-,24-22-,25-23-,28-27-,33-31-,40-38-. The summed E-state index contributed by atoms with van der Waals surface area (Å²) in [5, 5.41) is 0. The van der Waals surface area contributed by atoms with Crippen LogP contribution in [0.5, 0.6) is 0 Å². The van der Waals surface area contributed by atoms with Crippen molar-refractivity contribution >= 4 is 11.9 Å². The minimum atomic E-state index is -0.569. The number of unbranched alkanes of at least 4 members (excludes halogenated alkanes) is 18. The number of carbonyl (C=O) groups excluding carboxylic acids is 2. The van der Waals surface area contributed by atoms with Crippen molar-refractivity contribution in [2.75, 3.05) is 19.8 Å². The van der Waals surface area contributed by atoms with Gasteiger partial charge >= 0.3 is 11.9 Å². The molecular formula is C53H90O5. The predicted octanol–water partition coefficient (Wildman–Crippen LogP) is 16.1. The van der Waals surface area contributed by atoms with Crippen LogP contribution in [0.1, 0.15) is 213 Å². The lowest BCUT2D eigenvalue weighted by Crippen LogP contribution is -2.30. The molecule has 5 heteroatoms. The van der Waals surface area contributed by atoms with E-state index >= 15 is 0 Å². The minimum absolute atomic E-state index is 0.0404. The second-order valence-electron chi connectivity index (χ2n) is 15.6. The molecule has 0 saturated carbocycles. The number of esters is 2. The molecule has 0 aliphatic carbocycles. The molecule has 0 amide bonds. The highest BCUT2D eigenvalue weighted by Gasteiger charge is 2.17. The number of allylic oxidation sites excluding steroid dienone is 14. The lowest BCUT2D eigenvalue weighted by atomic mass is 10.1. The van der Waals surface area contributed by atoms with E-state index in [4.69, 9.17) is 14.2 Å². The van der Waals surface area contributed by atoms with Crippen molar-refractivity contribution in [2.24, 2.45) is 0 Å². The second-order valence-corrected chi connectivity index (χ2v) is 15.6. The Morgan fingerprint density at radius 1 is 0.397 bits per heavy atom. The summed E-state index contributed by atoms with van der Waals surface area (Å²) in [6.07, 6.45) is 63.2. The lowest BCUT2D eigenvalue weighted by molar-refractivity contribution is -0.162. The first-order valence-electron chi connectivity index (χ1n) is 24.1. The van der Waals surface area contributed by atoms with E-state index in [0.29, 0.717) is 25.9 Å². The molecule has 1 unspecified atom stereocenters. The molecule has 0 spiro atoms. The van der Waals surface area contributed by atoms with E-state index in [2.05, 4.69) is 99.8 Å². The van der Waals surface area contributed by atoms with Crippen molar-refractivity contribution in [1.82, 2.24) is 0 Å². The van der Waals surface area contributed by atoms with Crippen LogP contribution in [0.2, 0.25) is 0 Å². The maximum atomic E-state index is 12.6. The van der Waals surface area contributed by atoms with E-state index in [0.717, 1.165) is 70.6 Å². The second kappa shape index (κ2) is 48.4. The third-order valence-corrected chi connectivity index (χ3v) is 9.93. The highest BCUT2D eigenvalue weighted by molar-refractivity contribution is 5.70. The molecule has 0 heterocycles. The van der Waals surface area contributed by atoms with Crippen molar-refractivity contribution < 1.29 is 23.8 Å². The Hall–Kier alpha value is -2.92. The molecule has 0 aromatic heterocycles. The molecular weight excluding hydrogens is 717 g/mol. The largest absolute Gasteiger partial charge is 0.462 e. The fourth-order valence-electron chi connectivity index (χ4n) is 6.35. The lowest BCUT2D eigenvalue weighted by Gasteiger charge is -2.18. The van der Waals surface area contributed by atoms with E-state index < -0.39 is 6.10 Å². The van der Waals surface area contributed by atoms with Crippen LogP contribution < -0.4 is 0 Å². The maximum absolute atomic E-state index is 12.6. The summed E-state index contributed by atoms with van der Waals surface area (Å²) < 4.78 is 17.2. The van der Waals surface area contributed by atoms with Gasteiger partial charge in [-0.15, -0.1) is 0 Å². The zero-order chi connectivity index (χ0) is 42.1. The molecule has 58 heavy (non-hydrogen) atoms. The van der Waals surface area contributed by atoms with Gasteiger partial charge < -0.3 is 14.2 Å². The first-order valence-corrected chi connectivity index (χ1v) is 24.1. The van der Waals surface area contributed by atoms with Gasteiger partial charge in [0, 0.05) is 19.4 Å². The highest BCUT2D eigenvalue weighted by Crippen LogP contribution is 2.12. The zero-order valence-corrected chi connectivity index (χ0v) is 38.0. The average Bonchev–Trinajstić information content (AvgIpc) is 3.22. The van der Waals surface area contributed by atoms with Gasteiger partial charge in [0.1, 0.15) is 6.61 Å². The number of hydrogen-bond donors (Lipinski definition) is 0. The smallest absolute Gasteiger partial charge is 0.306 e. The first kappa shape index (κ1) is 55.1. The molecule has 1 atom stereocenters. The van der Waals surface area contributed by atoms with Crippen LogP contribution >= 0.6 is 0 Å². The quantitative estimate of drug-likeness (QED) is 0.0349. The predicted molar refractivity (Wildman–Crippen MR) is 251 cm³/mol. The Balaban J connectivity index is 4.27. The van der Waals surface area contributed by atoms with Gasteiger partial charge in [-0.05, 0) is 83.5 Å². The van der Waals surface area contributed by atoms with Gasteiger partial charge in [0.15, 0.2) is 6.10 Å². The molecule has 0 bridgehead atoms. The molecule has 5 nitrogen and oxygen atoms in total. The van der Waals surface area contributed by atoms with E-state index in [1.165, 1.54) is 103 Å². The van der Waals surface area contributed by atoms with Crippen LogP contribution in [0, 0.1) is 0 Å². The maximum Gasteiger partial charge on any atom is 0.306 e. The fraction of sp³-hybridized carbons (Fsp3) is 0.698. The molecule has 0 aliphatic rings. The average molecular weight is 807 g/mol. The Morgan fingerprint density at radius 2 is 0.810 bits per heavy atom. The number of hydrogen-bond acceptors (Lipinski definition) is 5. The molecule has 0 aromatic carbocycles. The topological polar surface area (TPSA) is 61.8 Å². The van der Waals surface area contributed by atoms with Crippen LogP contribution in [0.3, 0.4) is 0 Å². The van der Waals surface area contributed by atoms with Gasteiger partial charge in [-0.2, -0.15) is 0 Å². The minimum Gasteiger partial charge on any atom is -0.462 e. The summed E-state index contributed by atoms with van der Waals surface area (Å²) in [4.78, 5) is 25.1. The van der Waals surface area contributed by atoms with Crippen LogP contribution in [0.15, 0.2) is 85.1 Å². The number of rotatable bonds is 43. The Morgan fingerprint density at radius 3 is 1.31 bits per heavy atom. The highest BCUT2D eigenvalue weighted by atomic mass is 16.6. The van der Waals surface area contributed by atoms with E-state index in [9.17, 15) is 9.59 Å². The van der Waals surface area contributed by atoms with E-state index in [1.54, 1.807) is 0 Å². The van der Waals surface area contributed by atoms with Crippen molar-refractivity contribution in [2.45, 2.75) is 219 Å². The molecule has 0 fully saturated rings. The monoisotopic (exact) mass is 807 g/mol. The Labute approximate surface area is 359 Å². The zero-order valence-electron chi connectivity index (χ0n) is 38.0. The summed E-state index contributed by atoms with van der Waals surface area (Å²) in [5.41, 5.74) is 0. The molecule has 0 saturated heterocycles. The van der Waals surface area contributed by atoms with Gasteiger partial charge in [0.05, 0.1) is 6.61 Å². The van der Waals surface area contributed by atoms with Gasteiger partial charge in [0.2, 0.25) is 0 Å². The number of ether oxygens (including phenoxy) is 3. The molecule has 332 valence electrons. The first-order chi connectivity index (χ1) is 28.6. The van der Waals surface area contributed by atoms with Crippen LogP contribution in [-0.4, -0.2) is 37.9 Å². The summed E-state index contributed by atoms with van der Waals surface area (Å²) in [6.45, 7) is 7.58. The SMILES string of the molecule is CC/C=C\C/C=C\C/C=C\C/C=C\C/C=C\C/C=C\CCC(=O)OCC(COCCCCCCCC/C=C\CCCCCCCC)OC(=O)CCCCCCCCC. The Kier molecular flexibility index (Phi) is 46.0. The summed E-state index contributed by atoms with van der Waals surface area (Å²) in [7, 11) is 0. The summed E-state index contributed by atoms with van der Waals surface area (Å²) >= 11 is 0. The molecule has 0 N–H and O–H groups in total. The van der Waals surface area contributed by atoms with Gasteiger partial charge in [-0.1, -0.05) is 202 Å².